The maximum absolute atomic E-state index is 14.7. The minimum Gasteiger partial charge on any atom is -0.481 e. The third-order valence-corrected chi connectivity index (χ3v) is 9.54. The molecule has 1 amide bonds. The largest absolute Gasteiger partial charge is 0.481 e. The molecule has 2 heterocycles. The molecule has 2 aliphatic carbocycles. The second kappa shape index (κ2) is 10.4. The van der Waals surface area contributed by atoms with Crippen molar-refractivity contribution in [3.05, 3.63) is 39.3 Å². The Hall–Kier alpha value is -2.50. The first-order chi connectivity index (χ1) is 18.4. The molecule has 0 saturated heterocycles. The van der Waals surface area contributed by atoms with Crippen molar-refractivity contribution in [2.24, 2.45) is 15.9 Å². The lowest BCUT2D eigenvalue weighted by Crippen LogP contribution is -2.57. The minimum absolute atomic E-state index is 0.0229. The van der Waals surface area contributed by atoms with E-state index < -0.39 is 69.2 Å². The van der Waals surface area contributed by atoms with E-state index in [2.05, 4.69) is 10.1 Å². The summed E-state index contributed by atoms with van der Waals surface area (Å²) >= 11 is 12.3. The highest BCUT2D eigenvalue weighted by atomic mass is 35.5. The molecular weight excluding hydrogens is 572 g/mol. The smallest absolute Gasteiger partial charge is 0.470 e. The predicted octanol–water partition coefficient (Wildman–Crippen LogP) is 5.88. The van der Waals surface area contributed by atoms with Gasteiger partial charge in [-0.2, -0.15) is 17.8 Å². The number of carbonyl (C=O) groups excluding carboxylic acids is 2. The van der Waals surface area contributed by atoms with Crippen LogP contribution in [0.3, 0.4) is 0 Å². The van der Waals surface area contributed by atoms with Crippen molar-refractivity contribution in [1.29, 1.82) is 0 Å². The van der Waals surface area contributed by atoms with Gasteiger partial charge in [0, 0.05) is 31.3 Å². The van der Waals surface area contributed by atoms with Gasteiger partial charge in [-0.1, -0.05) is 42.2 Å². The van der Waals surface area contributed by atoms with Gasteiger partial charge in [0.25, 0.3) is 11.6 Å². The number of ketones is 1. The van der Waals surface area contributed by atoms with Gasteiger partial charge in [0.05, 0.1) is 34.6 Å². The SMILES string of the molecule is CC1(C(=O)O)CCC([N+]2(C)N=CC(C(=O)N(CC(=O)c3c(Cl)cncc3Cl)C3CCC3(C)C)=C2C(F)(F)F)CC1. The summed E-state index contributed by atoms with van der Waals surface area (Å²) in [6.07, 6.45) is 0.500. The number of aliphatic carboxylic acids is 1. The highest BCUT2D eigenvalue weighted by molar-refractivity contribution is 6.39. The van der Waals surface area contributed by atoms with Crippen molar-refractivity contribution in [2.75, 3.05) is 13.6 Å². The standard InChI is InChI=1S/C27H31Cl2F3N4O4/c1-25(2)8-7-20(25)35(14-19(37)21-17(28)12-33-13-18(21)29)23(38)16-11-34-36(4,22(16)27(30,31)32)15-5-9-26(3,10-6-15)24(39)40/h11-13,15,20H,5-10,14H2,1-4H3/p+1. The van der Waals surface area contributed by atoms with Crippen LogP contribution in [0.4, 0.5) is 13.2 Å². The zero-order chi connectivity index (χ0) is 29.8. The zero-order valence-electron chi connectivity index (χ0n) is 22.7. The van der Waals surface area contributed by atoms with E-state index in [4.69, 9.17) is 23.2 Å². The fourth-order valence-electron chi connectivity index (χ4n) is 6.16. The second-order valence-electron chi connectivity index (χ2n) is 12.0. The molecule has 2 unspecified atom stereocenters. The van der Waals surface area contributed by atoms with E-state index in [1.807, 2.05) is 13.8 Å². The Labute approximate surface area is 240 Å². The molecule has 1 aliphatic heterocycles. The van der Waals surface area contributed by atoms with Gasteiger partial charge in [0.1, 0.15) is 17.8 Å². The summed E-state index contributed by atoms with van der Waals surface area (Å²) in [7, 11) is 1.30. The van der Waals surface area contributed by atoms with Gasteiger partial charge in [-0.15, -0.1) is 0 Å². The molecule has 2 fully saturated rings. The normalized spacial score (nSPS) is 29.7. The van der Waals surface area contributed by atoms with E-state index in [1.54, 1.807) is 6.92 Å². The number of hydrogen-bond acceptors (Lipinski definition) is 5. The summed E-state index contributed by atoms with van der Waals surface area (Å²) in [5, 5.41) is 13.7. The van der Waals surface area contributed by atoms with E-state index in [9.17, 15) is 32.7 Å². The Morgan fingerprint density at radius 1 is 1.07 bits per heavy atom. The number of quaternary nitrogens is 1. The third kappa shape index (κ3) is 5.27. The lowest BCUT2D eigenvalue weighted by molar-refractivity contribution is -0.911. The maximum Gasteiger partial charge on any atom is 0.470 e. The number of alkyl halides is 3. The van der Waals surface area contributed by atoms with Crippen LogP contribution in [0.2, 0.25) is 10.0 Å². The predicted molar refractivity (Wildman–Crippen MR) is 143 cm³/mol. The Bertz CT molecular complexity index is 1280. The molecule has 0 bridgehead atoms. The van der Waals surface area contributed by atoms with Crippen molar-refractivity contribution < 1.29 is 37.3 Å². The summed E-state index contributed by atoms with van der Waals surface area (Å²) in [4.78, 5) is 44.0. The molecule has 8 nitrogen and oxygen atoms in total. The molecular formula is C27H32Cl2F3N4O4+. The highest BCUT2D eigenvalue weighted by Crippen LogP contribution is 2.48. The summed E-state index contributed by atoms with van der Waals surface area (Å²) in [5.74, 6) is -2.55. The van der Waals surface area contributed by atoms with Gasteiger partial charge in [0.15, 0.2) is 5.78 Å². The van der Waals surface area contributed by atoms with Crippen LogP contribution >= 0.6 is 23.2 Å². The molecule has 0 spiro atoms. The summed E-state index contributed by atoms with van der Waals surface area (Å²) in [5.41, 5.74) is -3.25. The van der Waals surface area contributed by atoms with Gasteiger partial charge in [-0.05, 0) is 38.0 Å². The van der Waals surface area contributed by atoms with Crippen LogP contribution in [-0.4, -0.2) is 75.3 Å². The molecule has 1 aromatic heterocycles. The number of pyridine rings is 1. The van der Waals surface area contributed by atoms with Gasteiger partial charge in [-0.3, -0.25) is 19.4 Å². The van der Waals surface area contributed by atoms with Crippen LogP contribution in [0.25, 0.3) is 0 Å². The number of amides is 1. The highest BCUT2D eigenvalue weighted by Gasteiger charge is 2.59. The third-order valence-electron chi connectivity index (χ3n) is 8.97. The molecule has 40 heavy (non-hydrogen) atoms. The van der Waals surface area contributed by atoms with Crippen LogP contribution in [0.15, 0.2) is 28.8 Å². The molecule has 218 valence electrons. The van der Waals surface area contributed by atoms with Crippen molar-refractivity contribution in [1.82, 2.24) is 9.88 Å². The Kier molecular flexibility index (Phi) is 7.92. The van der Waals surface area contributed by atoms with Gasteiger partial charge < -0.3 is 10.0 Å². The zero-order valence-corrected chi connectivity index (χ0v) is 24.2. The van der Waals surface area contributed by atoms with Gasteiger partial charge in [-0.25, -0.2) is 0 Å². The Morgan fingerprint density at radius 2 is 1.65 bits per heavy atom. The number of carbonyl (C=O) groups is 3. The average molecular weight is 604 g/mol. The second-order valence-corrected chi connectivity index (χ2v) is 12.8. The van der Waals surface area contributed by atoms with Crippen molar-refractivity contribution in [3.63, 3.8) is 0 Å². The number of hydrogen-bond donors (Lipinski definition) is 1. The van der Waals surface area contributed by atoms with Crippen LogP contribution in [0, 0.1) is 10.8 Å². The fourth-order valence-corrected chi connectivity index (χ4v) is 6.73. The first-order valence-electron chi connectivity index (χ1n) is 13.0. The first kappa shape index (κ1) is 30.5. The summed E-state index contributed by atoms with van der Waals surface area (Å²) in [6.45, 7) is 4.84. The minimum atomic E-state index is -4.91. The topological polar surface area (TPSA) is 99.9 Å². The molecule has 0 aromatic carbocycles. The monoisotopic (exact) mass is 603 g/mol. The van der Waals surface area contributed by atoms with E-state index in [1.165, 1.54) is 24.3 Å². The van der Waals surface area contributed by atoms with Crippen LogP contribution in [0.5, 0.6) is 0 Å². The Morgan fingerprint density at radius 3 is 2.10 bits per heavy atom. The summed E-state index contributed by atoms with van der Waals surface area (Å²) < 4.78 is 43.3. The molecule has 1 N–H and O–H groups in total. The van der Waals surface area contributed by atoms with Crippen LogP contribution < -0.4 is 0 Å². The number of halogens is 5. The van der Waals surface area contributed by atoms with Crippen LogP contribution in [-0.2, 0) is 9.59 Å². The number of Topliss-reactive ketones (excluding diaryl/α,β-unsaturated/α-hetero) is 1. The van der Waals surface area contributed by atoms with E-state index in [-0.39, 0.29) is 41.3 Å². The number of rotatable bonds is 7. The van der Waals surface area contributed by atoms with Crippen molar-refractivity contribution in [2.45, 2.75) is 77.6 Å². The molecule has 3 aliphatic rings. The van der Waals surface area contributed by atoms with E-state index >= 15 is 0 Å². The first-order valence-corrected chi connectivity index (χ1v) is 13.8. The molecule has 4 rings (SSSR count). The van der Waals surface area contributed by atoms with Crippen molar-refractivity contribution in [3.8, 4) is 0 Å². The number of allylic oxidation sites excluding steroid dienone is 1. The van der Waals surface area contributed by atoms with Crippen LogP contribution in [0.1, 0.15) is 69.7 Å². The fraction of sp³-hybridized carbons (Fsp3) is 0.593. The number of nitrogens with zero attached hydrogens (tertiary/aromatic N) is 4. The quantitative estimate of drug-likeness (QED) is 0.310. The van der Waals surface area contributed by atoms with E-state index in [0.29, 0.717) is 6.42 Å². The lowest BCUT2D eigenvalue weighted by Gasteiger charge is -2.50. The number of carboxylic acids is 1. The number of aromatic nitrogens is 1. The molecule has 2 atom stereocenters. The lowest BCUT2D eigenvalue weighted by atomic mass is 9.66. The van der Waals surface area contributed by atoms with Gasteiger partial charge in [0.2, 0.25) is 0 Å². The number of carboxylic acid groups (broad SMARTS) is 1. The summed E-state index contributed by atoms with van der Waals surface area (Å²) in [6, 6.07) is -1.17. The molecule has 0 radical (unpaired) electrons. The molecule has 2 saturated carbocycles. The molecule has 13 heteroatoms. The van der Waals surface area contributed by atoms with Crippen molar-refractivity contribution >= 4 is 47.1 Å². The average Bonchev–Trinajstić information content (AvgIpc) is 3.21. The molecule has 1 aromatic rings. The maximum atomic E-state index is 14.7. The van der Waals surface area contributed by atoms with Gasteiger partial charge >= 0.3 is 12.1 Å². The Balaban J connectivity index is 1.72. The van der Waals surface area contributed by atoms with E-state index in [0.717, 1.165) is 12.6 Å².